The van der Waals surface area contributed by atoms with Crippen molar-refractivity contribution >= 4 is 34.0 Å². The molecule has 0 aliphatic rings. The third kappa shape index (κ3) is 3.73. The van der Waals surface area contributed by atoms with E-state index in [0.717, 1.165) is 11.4 Å². The summed E-state index contributed by atoms with van der Waals surface area (Å²) in [5.41, 5.74) is 1.44. The molecule has 1 N–H and O–H groups in total. The Morgan fingerprint density at radius 3 is 2.80 bits per heavy atom. The van der Waals surface area contributed by atoms with Crippen molar-refractivity contribution in [1.29, 1.82) is 5.26 Å². The molecule has 2 heterocycles. The number of thioether (sulfide) groups is 1. The molecule has 6 nitrogen and oxygen atoms in total. The minimum Gasteiger partial charge on any atom is -0.316 e. The Morgan fingerprint density at radius 1 is 1.32 bits per heavy atom. The molecule has 25 heavy (non-hydrogen) atoms. The Bertz CT molecular complexity index is 926. The maximum atomic E-state index is 12.4. The van der Waals surface area contributed by atoms with Crippen LogP contribution in [0.25, 0.3) is 11.4 Å². The first-order valence-electron chi connectivity index (χ1n) is 7.50. The molecule has 3 rings (SSSR count). The van der Waals surface area contributed by atoms with Gasteiger partial charge in [-0.3, -0.25) is 4.79 Å². The standard InChI is InChI=1S/C17H15N5OS2/c1-11(15(23)19-16-13(10-18)8-9-24-16)25-17-21-20-14(22(17)2)12-6-4-3-5-7-12/h3-9,11H,1-2H3,(H,19,23)/t11-/m1/s1. The van der Waals surface area contributed by atoms with Gasteiger partial charge in [0.1, 0.15) is 11.1 Å². The van der Waals surface area contributed by atoms with Crippen molar-refractivity contribution in [2.75, 3.05) is 5.32 Å². The molecule has 0 radical (unpaired) electrons. The Morgan fingerprint density at radius 2 is 2.08 bits per heavy atom. The fourth-order valence-corrected chi connectivity index (χ4v) is 3.73. The van der Waals surface area contributed by atoms with Crippen molar-refractivity contribution < 1.29 is 4.79 Å². The molecule has 0 saturated carbocycles. The lowest BCUT2D eigenvalue weighted by Gasteiger charge is -2.11. The molecule has 0 unspecified atom stereocenters. The van der Waals surface area contributed by atoms with E-state index in [1.165, 1.54) is 23.1 Å². The lowest BCUT2D eigenvalue weighted by atomic mass is 10.2. The van der Waals surface area contributed by atoms with Crippen LogP contribution in [0.3, 0.4) is 0 Å². The fourth-order valence-electron chi connectivity index (χ4n) is 2.18. The SMILES string of the molecule is C[C@@H](Sc1nnc(-c2ccccc2)n1C)C(=O)Nc1sccc1C#N. The molecule has 2 aromatic heterocycles. The molecule has 1 aromatic carbocycles. The summed E-state index contributed by atoms with van der Waals surface area (Å²) in [4.78, 5) is 12.4. The van der Waals surface area contributed by atoms with Crippen molar-refractivity contribution in [1.82, 2.24) is 14.8 Å². The first kappa shape index (κ1) is 17.2. The topological polar surface area (TPSA) is 83.6 Å². The zero-order valence-electron chi connectivity index (χ0n) is 13.6. The number of nitrogens with one attached hydrogen (secondary N) is 1. The molecular formula is C17H15N5OS2. The molecule has 126 valence electrons. The van der Waals surface area contributed by atoms with Crippen molar-refractivity contribution in [2.45, 2.75) is 17.3 Å². The van der Waals surface area contributed by atoms with Gasteiger partial charge in [-0.25, -0.2) is 0 Å². The summed E-state index contributed by atoms with van der Waals surface area (Å²) in [7, 11) is 1.88. The van der Waals surface area contributed by atoms with Crippen LogP contribution in [-0.4, -0.2) is 25.9 Å². The number of nitrogens with zero attached hydrogens (tertiary/aromatic N) is 4. The van der Waals surface area contributed by atoms with Gasteiger partial charge >= 0.3 is 0 Å². The smallest absolute Gasteiger partial charge is 0.238 e. The highest BCUT2D eigenvalue weighted by molar-refractivity contribution is 8.00. The van der Waals surface area contributed by atoms with Gasteiger partial charge in [0.2, 0.25) is 5.91 Å². The highest BCUT2D eigenvalue weighted by Crippen LogP contribution is 2.28. The molecule has 0 aliphatic heterocycles. The van der Waals surface area contributed by atoms with E-state index in [2.05, 4.69) is 21.6 Å². The lowest BCUT2D eigenvalue weighted by molar-refractivity contribution is -0.115. The fraction of sp³-hybridized carbons (Fsp3) is 0.176. The monoisotopic (exact) mass is 369 g/mol. The molecule has 1 atom stereocenters. The highest BCUT2D eigenvalue weighted by atomic mass is 32.2. The summed E-state index contributed by atoms with van der Waals surface area (Å²) in [5, 5.41) is 22.9. The number of amides is 1. The van der Waals surface area contributed by atoms with Crippen LogP contribution in [0.2, 0.25) is 0 Å². The van der Waals surface area contributed by atoms with E-state index >= 15 is 0 Å². The second-order valence-electron chi connectivity index (χ2n) is 5.26. The third-order valence-electron chi connectivity index (χ3n) is 3.54. The number of anilines is 1. The zero-order chi connectivity index (χ0) is 17.8. The van der Waals surface area contributed by atoms with E-state index in [9.17, 15) is 4.79 Å². The second kappa shape index (κ2) is 7.51. The molecule has 8 heteroatoms. The largest absolute Gasteiger partial charge is 0.316 e. The number of carbonyl (C=O) groups excluding carboxylic acids is 1. The number of rotatable bonds is 5. The summed E-state index contributed by atoms with van der Waals surface area (Å²) < 4.78 is 1.87. The minimum absolute atomic E-state index is 0.173. The van der Waals surface area contributed by atoms with Gasteiger partial charge in [0.15, 0.2) is 11.0 Å². The van der Waals surface area contributed by atoms with Gasteiger partial charge < -0.3 is 9.88 Å². The number of nitriles is 1. The van der Waals surface area contributed by atoms with Crippen LogP contribution in [0.1, 0.15) is 12.5 Å². The highest BCUT2D eigenvalue weighted by Gasteiger charge is 2.20. The molecular weight excluding hydrogens is 354 g/mol. The van der Waals surface area contributed by atoms with E-state index in [0.29, 0.717) is 15.7 Å². The molecule has 0 bridgehead atoms. The van der Waals surface area contributed by atoms with Gasteiger partial charge in [0, 0.05) is 12.6 Å². The quantitative estimate of drug-likeness (QED) is 0.696. The predicted molar refractivity (Wildman–Crippen MR) is 99.4 cm³/mol. The number of hydrogen-bond acceptors (Lipinski definition) is 6. The maximum Gasteiger partial charge on any atom is 0.238 e. The van der Waals surface area contributed by atoms with Crippen molar-refractivity contribution in [2.24, 2.45) is 7.05 Å². The Balaban J connectivity index is 1.71. The second-order valence-corrected chi connectivity index (χ2v) is 7.48. The van der Waals surface area contributed by atoms with E-state index in [4.69, 9.17) is 5.26 Å². The number of benzene rings is 1. The van der Waals surface area contributed by atoms with Gasteiger partial charge in [0.05, 0.1) is 10.8 Å². The predicted octanol–water partition coefficient (Wildman–Crippen LogP) is 3.53. The van der Waals surface area contributed by atoms with E-state index in [1.54, 1.807) is 18.4 Å². The van der Waals surface area contributed by atoms with Crippen LogP contribution < -0.4 is 5.32 Å². The lowest BCUT2D eigenvalue weighted by Crippen LogP contribution is -2.22. The number of aromatic nitrogens is 3. The van der Waals surface area contributed by atoms with E-state index in [1.807, 2.05) is 41.9 Å². The van der Waals surface area contributed by atoms with Crippen LogP contribution >= 0.6 is 23.1 Å². The number of thiophene rings is 1. The summed E-state index contributed by atoms with van der Waals surface area (Å²) in [6.45, 7) is 1.80. The van der Waals surface area contributed by atoms with Crippen LogP contribution in [0.15, 0.2) is 46.9 Å². The minimum atomic E-state index is -0.375. The van der Waals surface area contributed by atoms with Gasteiger partial charge in [-0.2, -0.15) is 5.26 Å². The third-order valence-corrected chi connectivity index (χ3v) is 5.50. The van der Waals surface area contributed by atoms with Gasteiger partial charge in [0.25, 0.3) is 0 Å². The van der Waals surface area contributed by atoms with Crippen molar-refractivity contribution in [3.8, 4) is 17.5 Å². The van der Waals surface area contributed by atoms with Gasteiger partial charge in [-0.15, -0.1) is 21.5 Å². The molecule has 1 amide bonds. The summed E-state index contributed by atoms with van der Waals surface area (Å²) in [6, 6.07) is 13.5. The normalized spacial score (nSPS) is 11.7. The molecule has 0 spiro atoms. The van der Waals surface area contributed by atoms with Crippen LogP contribution in [0.4, 0.5) is 5.00 Å². The summed E-state index contributed by atoms with van der Waals surface area (Å²) >= 11 is 2.66. The van der Waals surface area contributed by atoms with E-state index in [-0.39, 0.29) is 11.2 Å². The average Bonchev–Trinajstić information content (AvgIpc) is 3.22. The van der Waals surface area contributed by atoms with Gasteiger partial charge in [-0.1, -0.05) is 42.1 Å². The first-order valence-corrected chi connectivity index (χ1v) is 9.26. The van der Waals surface area contributed by atoms with Crippen molar-refractivity contribution in [3.05, 3.63) is 47.3 Å². The van der Waals surface area contributed by atoms with Crippen LogP contribution in [0.5, 0.6) is 0 Å². The van der Waals surface area contributed by atoms with Crippen molar-refractivity contribution in [3.63, 3.8) is 0 Å². The molecule has 0 saturated heterocycles. The average molecular weight is 369 g/mol. The Labute approximate surface area is 153 Å². The zero-order valence-corrected chi connectivity index (χ0v) is 15.3. The molecule has 0 fully saturated rings. The van der Waals surface area contributed by atoms with Gasteiger partial charge in [-0.05, 0) is 18.4 Å². The summed E-state index contributed by atoms with van der Waals surface area (Å²) in [6.07, 6.45) is 0. The van der Waals surface area contributed by atoms with Crippen LogP contribution in [-0.2, 0) is 11.8 Å². The Hall–Kier alpha value is -2.63. The number of hydrogen-bond donors (Lipinski definition) is 1. The Kier molecular flexibility index (Phi) is 5.16. The molecule has 3 aromatic rings. The molecule has 0 aliphatic carbocycles. The first-order chi connectivity index (χ1) is 12.1. The number of carbonyl (C=O) groups is 1. The van der Waals surface area contributed by atoms with E-state index < -0.39 is 0 Å². The summed E-state index contributed by atoms with van der Waals surface area (Å²) in [5.74, 6) is 0.578. The maximum absolute atomic E-state index is 12.4. The van der Waals surface area contributed by atoms with Crippen LogP contribution in [0, 0.1) is 11.3 Å².